The van der Waals surface area contributed by atoms with Crippen LogP contribution in [0.4, 0.5) is 5.69 Å². The van der Waals surface area contributed by atoms with Gasteiger partial charge in [0.25, 0.3) is 0 Å². The minimum atomic E-state index is 0.261. The maximum atomic E-state index is 12.0. The van der Waals surface area contributed by atoms with E-state index in [1.807, 2.05) is 24.3 Å². The average molecular weight is 390 g/mol. The summed E-state index contributed by atoms with van der Waals surface area (Å²) in [7, 11) is 0. The van der Waals surface area contributed by atoms with Gasteiger partial charge in [-0.25, -0.2) is 0 Å². The lowest BCUT2D eigenvalue weighted by molar-refractivity contribution is -0.111. The molecule has 1 rings (SSSR count). The second kappa shape index (κ2) is 16.9. The molecule has 1 aromatic carbocycles. The Morgan fingerprint density at radius 2 is 1.33 bits per heavy atom. The first kappa shape index (κ1) is 23.8. The summed E-state index contributed by atoms with van der Waals surface area (Å²) >= 11 is 1.34. The second-order valence-corrected chi connectivity index (χ2v) is 8.51. The Bertz CT molecular complexity index is 510. The zero-order valence-corrected chi connectivity index (χ0v) is 18.1. The predicted molar refractivity (Wildman–Crippen MR) is 121 cm³/mol. The van der Waals surface area contributed by atoms with Gasteiger partial charge < -0.3 is 5.73 Å². The molecule has 3 heteroatoms. The summed E-state index contributed by atoms with van der Waals surface area (Å²) in [4.78, 5) is 12.9. The van der Waals surface area contributed by atoms with Gasteiger partial charge in [-0.1, -0.05) is 82.2 Å². The molecule has 0 amide bonds. The standard InChI is InChI=1S/C24H39NOS/c1-2-3-4-5-6-7-8-9-10-11-12-13-14-15-16-17-24(26)27-23-20-18-22(25)19-21-23/h9-10,18-21H,2-8,11-17,25H2,1H3/b10-9+. The van der Waals surface area contributed by atoms with Crippen molar-refractivity contribution in [3.05, 3.63) is 36.4 Å². The number of nitrogen functional groups attached to an aromatic ring is 1. The van der Waals surface area contributed by atoms with Gasteiger partial charge in [0.1, 0.15) is 0 Å². The van der Waals surface area contributed by atoms with Crippen LogP contribution in [0.3, 0.4) is 0 Å². The molecular weight excluding hydrogens is 350 g/mol. The first-order valence-corrected chi connectivity index (χ1v) is 11.7. The van der Waals surface area contributed by atoms with Crippen LogP contribution in [-0.4, -0.2) is 5.12 Å². The van der Waals surface area contributed by atoms with Crippen molar-refractivity contribution in [3.8, 4) is 0 Å². The van der Waals surface area contributed by atoms with Gasteiger partial charge in [0, 0.05) is 17.0 Å². The lowest BCUT2D eigenvalue weighted by Crippen LogP contribution is -1.92. The van der Waals surface area contributed by atoms with E-state index in [-0.39, 0.29) is 5.12 Å². The fourth-order valence-electron chi connectivity index (χ4n) is 3.06. The number of rotatable bonds is 16. The zero-order valence-electron chi connectivity index (χ0n) is 17.3. The third-order valence-corrected chi connectivity index (χ3v) is 5.69. The van der Waals surface area contributed by atoms with Gasteiger partial charge in [0.2, 0.25) is 0 Å². The number of nitrogens with two attached hydrogens (primary N) is 1. The van der Waals surface area contributed by atoms with Crippen molar-refractivity contribution in [2.45, 2.75) is 102 Å². The van der Waals surface area contributed by atoms with Gasteiger partial charge in [0.05, 0.1) is 0 Å². The smallest absolute Gasteiger partial charge is 0.193 e. The van der Waals surface area contributed by atoms with Crippen molar-refractivity contribution >= 4 is 22.6 Å². The summed E-state index contributed by atoms with van der Waals surface area (Å²) in [6, 6.07) is 7.52. The maximum Gasteiger partial charge on any atom is 0.193 e. The molecule has 0 heterocycles. The largest absolute Gasteiger partial charge is 0.399 e. The fourth-order valence-corrected chi connectivity index (χ4v) is 3.84. The van der Waals surface area contributed by atoms with Crippen molar-refractivity contribution in [3.63, 3.8) is 0 Å². The van der Waals surface area contributed by atoms with Crippen LogP contribution in [0.15, 0.2) is 41.3 Å². The fraction of sp³-hybridized carbons (Fsp3) is 0.625. The molecule has 0 saturated heterocycles. The molecule has 2 nitrogen and oxygen atoms in total. The number of anilines is 1. The van der Waals surface area contributed by atoms with E-state index in [9.17, 15) is 4.79 Å². The van der Waals surface area contributed by atoms with Gasteiger partial charge in [-0.2, -0.15) is 0 Å². The van der Waals surface area contributed by atoms with Gasteiger partial charge in [-0.05, 0) is 56.4 Å². The molecule has 27 heavy (non-hydrogen) atoms. The van der Waals surface area contributed by atoms with Crippen LogP contribution < -0.4 is 5.73 Å². The molecule has 0 aromatic heterocycles. The summed E-state index contributed by atoms with van der Waals surface area (Å²) in [5.41, 5.74) is 6.40. The SMILES string of the molecule is CCCCCCCC/C=C/CCCCCCCC(=O)Sc1ccc(N)cc1. The number of allylic oxidation sites excluding steroid dienone is 2. The van der Waals surface area contributed by atoms with Crippen LogP contribution in [0.1, 0.15) is 96.8 Å². The molecular formula is C24H39NOS. The van der Waals surface area contributed by atoms with Crippen molar-refractivity contribution in [1.29, 1.82) is 0 Å². The van der Waals surface area contributed by atoms with E-state index >= 15 is 0 Å². The number of thioether (sulfide) groups is 1. The Morgan fingerprint density at radius 3 is 1.93 bits per heavy atom. The lowest BCUT2D eigenvalue weighted by atomic mass is 10.1. The van der Waals surface area contributed by atoms with E-state index < -0.39 is 0 Å². The average Bonchev–Trinajstić information content (AvgIpc) is 2.66. The molecule has 0 radical (unpaired) electrons. The van der Waals surface area contributed by atoms with E-state index in [4.69, 9.17) is 5.73 Å². The quantitative estimate of drug-likeness (QED) is 0.135. The van der Waals surface area contributed by atoms with Gasteiger partial charge in [-0.15, -0.1) is 0 Å². The molecule has 0 fully saturated rings. The Labute approximate surface area is 171 Å². The Kier molecular flexibility index (Phi) is 14.9. The molecule has 152 valence electrons. The molecule has 0 aliphatic carbocycles. The normalized spacial score (nSPS) is 11.3. The van der Waals surface area contributed by atoms with Gasteiger partial charge >= 0.3 is 0 Å². The van der Waals surface area contributed by atoms with Crippen LogP contribution in [0.2, 0.25) is 0 Å². The summed E-state index contributed by atoms with van der Waals surface area (Å²) in [6.07, 6.45) is 22.1. The molecule has 1 aromatic rings. The zero-order chi connectivity index (χ0) is 19.6. The number of carbonyl (C=O) groups is 1. The minimum absolute atomic E-state index is 0.261. The highest BCUT2D eigenvalue weighted by Gasteiger charge is 2.04. The predicted octanol–water partition coefficient (Wildman–Crippen LogP) is 7.93. The van der Waals surface area contributed by atoms with Crippen LogP contribution in [0.5, 0.6) is 0 Å². The van der Waals surface area contributed by atoms with E-state index in [0.29, 0.717) is 6.42 Å². The Balaban J connectivity index is 1.86. The van der Waals surface area contributed by atoms with E-state index in [0.717, 1.165) is 23.4 Å². The van der Waals surface area contributed by atoms with Crippen LogP contribution in [0, 0.1) is 0 Å². The molecule has 0 spiro atoms. The topological polar surface area (TPSA) is 43.1 Å². The molecule has 0 unspecified atom stereocenters. The molecule has 0 saturated carbocycles. The van der Waals surface area contributed by atoms with Crippen molar-refractivity contribution in [2.75, 3.05) is 5.73 Å². The van der Waals surface area contributed by atoms with Crippen LogP contribution in [0.25, 0.3) is 0 Å². The summed E-state index contributed by atoms with van der Waals surface area (Å²) in [6.45, 7) is 2.27. The third-order valence-electron chi connectivity index (χ3n) is 4.75. The summed E-state index contributed by atoms with van der Waals surface area (Å²) in [5.74, 6) is 0. The van der Waals surface area contributed by atoms with Crippen molar-refractivity contribution in [1.82, 2.24) is 0 Å². The molecule has 0 atom stereocenters. The minimum Gasteiger partial charge on any atom is -0.399 e. The first-order valence-electron chi connectivity index (χ1n) is 10.9. The summed E-state index contributed by atoms with van der Waals surface area (Å²) in [5, 5.41) is 0.261. The highest BCUT2D eigenvalue weighted by molar-refractivity contribution is 8.13. The Hall–Kier alpha value is -1.22. The number of unbranched alkanes of at least 4 members (excludes halogenated alkanes) is 11. The van der Waals surface area contributed by atoms with Crippen molar-refractivity contribution in [2.24, 2.45) is 0 Å². The van der Waals surface area contributed by atoms with Crippen LogP contribution >= 0.6 is 11.8 Å². The Morgan fingerprint density at radius 1 is 0.815 bits per heavy atom. The molecule has 2 N–H and O–H groups in total. The first-order chi connectivity index (χ1) is 13.2. The van der Waals surface area contributed by atoms with E-state index in [1.54, 1.807) is 0 Å². The molecule has 0 aliphatic heterocycles. The highest BCUT2D eigenvalue weighted by Crippen LogP contribution is 2.22. The highest BCUT2D eigenvalue weighted by atomic mass is 32.2. The number of carbonyl (C=O) groups excluding carboxylic acids is 1. The van der Waals surface area contributed by atoms with E-state index in [1.165, 1.54) is 82.4 Å². The second-order valence-electron chi connectivity index (χ2n) is 7.38. The van der Waals surface area contributed by atoms with E-state index in [2.05, 4.69) is 19.1 Å². The molecule has 0 aliphatic rings. The third kappa shape index (κ3) is 14.5. The maximum absolute atomic E-state index is 12.0. The van der Waals surface area contributed by atoms with Gasteiger partial charge in [-0.3, -0.25) is 4.79 Å². The van der Waals surface area contributed by atoms with Crippen molar-refractivity contribution < 1.29 is 4.79 Å². The van der Waals surface area contributed by atoms with Crippen LogP contribution in [-0.2, 0) is 4.79 Å². The summed E-state index contributed by atoms with van der Waals surface area (Å²) < 4.78 is 0. The van der Waals surface area contributed by atoms with Gasteiger partial charge in [0.15, 0.2) is 5.12 Å². The number of hydrogen-bond acceptors (Lipinski definition) is 3. The molecule has 0 bridgehead atoms. The monoisotopic (exact) mass is 389 g/mol. The number of hydrogen-bond donors (Lipinski definition) is 1. The number of benzene rings is 1. The lowest BCUT2D eigenvalue weighted by Gasteiger charge is -2.02.